The standard InChI is InChI=1S/C21H26BrNO3/c1-4-23(14-19(24)17-9-5-15(2)6-10-17)21(25)12-8-16-7-11-20(26-3)18(22)13-16/h5-7,9-11,13,19,24H,4,8,12,14H2,1-3H3/t19-/m1/s1. The normalized spacial score (nSPS) is 11.9. The molecule has 0 radical (unpaired) electrons. The average Bonchev–Trinajstić information content (AvgIpc) is 2.64. The van der Waals surface area contributed by atoms with Crippen molar-refractivity contribution >= 4 is 21.8 Å². The third-order valence-electron chi connectivity index (χ3n) is 4.43. The van der Waals surface area contributed by atoms with Gasteiger partial charge in [-0.25, -0.2) is 0 Å². The third-order valence-corrected chi connectivity index (χ3v) is 5.05. The molecule has 2 rings (SSSR count). The molecule has 2 aromatic rings. The first-order valence-electron chi connectivity index (χ1n) is 8.79. The minimum atomic E-state index is -0.672. The van der Waals surface area contributed by atoms with E-state index in [1.807, 2.05) is 56.3 Å². The monoisotopic (exact) mass is 419 g/mol. The summed E-state index contributed by atoms with van der Waals surface area (Å²) in [4.78, 5) is 14.3. The van der Waals surface area contributed by atoms with Crippen LogP contribution in [0.2, 0.25) is 0 Å². The van der Waals surface area contributed by atoms with Crippen LogP contribution in [0.3, 0.4) is 0 Å². The van der Waals surface area contributed by atoms with Gasteiger partial charge in [0.05, 0.1) is 24.2 Å². The van der Waals surface area contributed by atoms with Gasteiger partial charge in [0.2, 0.25) is 5.91 Å². The molecule has 0 fully saturated rings. The van der Waals surface area contributed by atoms with Crippen LogP contribution < -0.4 is 4.74 Å². The molecule has 1 N–H and O–H groups in total. The van der Waals surface area contributed by atoms with E-state index in [9.17, 15) is 9.90 Å². The lowest BCUT2D eigenvalue weighted by Gasteiger charge is -2.24. The number of methoxy groups -OCH3 is 1. The van der Waals surface area contributed by atoms with Crippen molar-refractivity contribution in [3.63, 3.8) is 0 Å². The van der Waals surface area contributed by atoms with Crippen LogP contribution in [0, 0.1) is 6.92 Å². The van der Waals surface area contributed by atoms with Gasteiger partial charge in [-0.2, -0.15) is 0 Å². The topological polar surface area (TPSA) is 49.8 Å². The van der Waals surface area contributed by atoms with E-state index in [0.717, 1.165) is 26.9 Å². The van der Waals surface area contributed by atoms with Crippen LogP contribution in [0.5, 0.6) is 5.75 Å². The molecule has 1 amide bonds. The number of nitrogens with zero attached hydrogens (tertiary/aromatic N) is 1. The summed E-state index contributed by atoms with van der Waals surface area (Å²) < 4.78 is 6.11. The molecule has 0 spiro atoms. The number of aryl methyl sites for hydroxylation is 2. The van der Waals surface area contributed by atoms with Crippen molar-refractivity contribution in [1.82, 2.24) is 4.90 Å². The van der Waals surface area contributed by atoms with Gasteiger partial charge in [-0.15, -0.1) is 0 Å². The Morgan fingerprint density at radius 1 is 1.23 bits per heavy atom. The molecule has 0 aromatic heterocycles. The van der Waals surface area contributed by atoms with Gasteiger partial charge < -0.3 is 14.7 Å². The van der Waals surface area contributed by atoms with Crippen LogP contribution in [0.25, 0.3) is 0 Å². The molecule has 0 aliphatic carbocycles. The molecule has 0 unspecified atom stereocenters. The summed E-state index contributed by atoms with van der Waals surface area (Å²) >= 11 is 3.47. The summed E-state index contributed by atoms with van der Waals surface area (Å²) in [5.74, 6) is 0.821. The van der Waals surface area contributed by atoms with Gasteiger partial charge in [0.15, 0.2) is 0 Å². The molecular formula is C21H26BrNO3. The number of carbonyl (C=O) groups excluding carboxylic acids is 1. The molecule has 0 bridgehead atoms. The minimum absolute atomic E-state index is 0.0469. The summed E-state index contributed by atoms with van der Waals surface area (Å²) in [7, 11) is 1.63. The first-order chi connectivity index (χ1) is 12.4. The van der Waals surface area contributed by atoms with E-state index in [1.165, 1.54) is 0 Å². The molecule has 2 aromatic carbocycles. The van der Waals surface area contributed by atoms with Crippen molar-refractivity contribution in [2.75, 3.05) is 20.2 Å². The smallest absolute Gasteiger partial charge is 0.222 e. The van der Waals surface area contributed by atoms with Crippen molar-refractivity contribution in [3.05, 3.63) is 63.6 Å². The summed E-state index contributed by atoms with van der Waals surface area (Å²) in [5.41, 5.74) is 3.05. The molecule has 0 heterocycles. The van der Waals surface area contributed by atoms with Crippen LogP contribution in [-0.2, 0) is 11.2 Å². The Bertz CT molecular complexity index is 731. The third kappa shape index (κ3) is 5.58. The Morgan fingerprint density at radius 2 is 1.92 bits per heavy atom. The summed E-state index contributed by atoms with van der Waals surface area (Å²) in [6.45, 7) is 4.83. The molecular weight excluding hydrogens is 394 g/mol. The van der Waals surface area contributed by atoms with Gasteiger partial charge >= 0.3 is 0 Å². The Labute approximate surface area is 163 Å². The van der Waals surface area contributed by atoms with E-state index in [0.29, 0.717) is 25.9 Å². The maximum Gasteiger partial charge on any atom is 0.222 e. The number of likely N-dealkylation sites (N-methyl/N-ethyl adjacent to an activating group) is 1. The van der Waals surface area contributed by atoms with Crippen molar-refractivity contribution in [2.45, 2.75) is 32.8 Å². The number of hydrogen-bond acceptors (Lipinski definition) is 3. The molecule has 140 valence electrons. The molecule has 0 saturated carbocycles. The van der Waals surface area contributed by atoms with Crippen LogP contribution >= 0.6 is 15.9 Å². The predicted molar refractivity (Wildman–Crippen MR) is 107 cm³/mol. The zero-order chi connectivity index (χ0) is 19.1. The number of aliphatic hydroxyl groups is 1. The molecule has 26 heavy (non-hydrogen) atoms. The van der Waals surface area contributed by atoms with Crippen molar-refractivity contribution < 1.29 is 14.6 Å². The van der Waals surface area contributed by atoms with E-state index in [-0.39, 0.29) is 5.91 Å². The highest BCUT2D eigenvalue weighted by atomic mass is 79.9. The Balaban J connectivity index is 1.93. The zero-order valence-electron chi connectivity index (χ0n) is 15.5. The number of carbonyl (C=O) groups is 1. The SMILES string of the molecule is CCN(C[C@@H](O)c1ccc(C)cc1)C(=O)CCc1ccc(OC)c(Br)c1. The summed E-state index contributed by atoms with van der Waals surface area (Å²) in [5, 5.41) is 10.4. The van der Waals surface area contributed by atoms with E-state index in [4.69, 9.17) is 4.74 Å². The second-order valence-electron chi connectivity index (χ2n) is 6.33. The zero-order valence-corrected chi connectivity index (χ0v) is 17.1. The number of amides is 1. The van der Waals surface area contributed by atoms with E-state index in [1.54, 1.807) is 12.0 Å². The fraction of sp³-hybridized carbons (Fsp3) is 0.381. The molecule has 0 aliphatic rings. The maximum atomic E-state index is 12.6. The number of benzene rings is 2. The Kier molecular flexibility index (Phi) is 7.66. The van der Waals surface area contributed by atoms with Gasteiger partial charge in [-0.1, -0.05) is 35.9 Å². The maximum absolute atomic E-state index is 12.6. The van der Waals surface area contributed by atoms with Crippen LogP contribution in [0.4, 0.5) is 0 Å². The van der Waals surface area contributed by atoms with Gasteiger partial charge in [0, 0.05) is 13.0 Å². The number of rotatable bonds is 8. The second-order valence-corrected chi connectivity index (χ2v) is 7.18. The lowest BCUT2D eigenvalue weighted by molar-refractivity contribution is -0.132. The second kappa shape index (κ2) is 9.74. The first kappa shape index (κ1) is 20.5. The highest BCUT2D eigenvalue weighted by molar-refractivity contribution is 9.10. The molecule has 0 saturated heterocycles. The van der Waals surface area contributed by atoms with Crippen molar-refractivity contribution in [1.29, 1.82) is 0 Å². The van der Waals surface area contributed by atoms with E-state index >= 15 is 0 Å². The molecule has 5 heteroatoms. The summed E-state index contributed by atoms with van der Waals surface area (Å²) in [6, 6.07) is 13.6. The quantitative estimate of drug-likeness (QED) is 0.694. The number of ether oxygens (including phenoxy) is 1. The van der Waals surface area contributed by atoms with Gasteiger partial charge in [-0.3, -0.25) is 4.79 Å². The molecule has 0 aliphatic heterocycles. The lowest BCUT2D eigenvalue weighted by Crippen LogP contribution is -2.34. The van der Waals surface area contributed by atoms with Crippen LogP contribution in [-0.4, -0.2) is 36.1 Å². The molecule has 1 atom stereocenters. The highest BCUT2D eigenvalue weighted by Crippen LogP contribution is 2.26. The van der Waals surface area contributed by atoms with Crippen molar-refractivity contribution in [2.24, 2.45) is 0 Å². The minimum Gasteiger partial charge on any atom is -0.496 e. The largest absolute Gasteiger partial charge is 0.496 e. The fourth-order valence-corrected chi connectivity index (χ4v) is 3.37. The fourth-order valence-electron chi connectivity index (χ4n) is 2.78. The van der Waals surface area contributed by atoms with Crippen LogP contribution in [0.15, 0.2) is 46.9 Å². The first-order valence-corrected chi connectivity index (χ1v) is 9.58. The average molecular weight is 420 g/mol. The number of halogens is 1. The highest BCUT2D eigenvalue weighted by Gasteiger charge is 2.17. The Morgan fingerprint density at radius 3 is 2.50 bits per heavy atom. The molecule has 4 nitrogen and oxygen atoms in total. The van der Waals surface area contributed by atoms with Crippen LogP contribution in [0.1, 0.15) is 36.1 Å². The predicted octanol–water partition coefficient (Wildman–Crippen LogP) is 4.28. The van der Waals surface area contributed by atoms with E-state index in [2.05, 4.69) is 15.9 Å². The van der Waals surface area contributed by atoms with Gasteiger partial charge in [-0.05, 0) is 59.5 Å². The van der Waals surface area contributed by atoms with Gasteiger partial charge in [0.25, 0.3) is 0 Å². The van der Waals surface area contributed by atoms with Crippen molar-refractivity contribution in [3.8, 4) is 5.75 Å². The summed E-state index contributed by atoms with van der Waals surface area (Å²) in [6.07, 6.45) is 0.390. The van der Waals surface area contributed by atoms with E-state index < -0.39 is 6.10 Å². The number of hydrogen-bond donors (Lipinski definition) is 1. The van der Waals surface area contributed by atoms with Gasteiger partial charge in [0.1, 0.15) is 5.75 Å². The lowest BCUT2D eigenvalue weighted by atomic mass is 10.1. The number of aliphatic hydroxyl groups excluding tert-OH is 1. The Hall–Kier alpha value is -1.85.